The molecule has 1 aliphatic heterocycles. The lowest BCUT2D eigenvalue weighted by atomic mass is 10.1. The van der Waals surface area contributed by atoms with Gasteiger partial charge in [-0.2, -0.15) is 0 Å². The van der Waals surface area contributed by atoms with Gasteiger partial charge in [-0.25, -0.2) is 4.98 Å². The van der Waals surface area contributed by atoms with Crippen molar-refractivity contribution in [3.63, 3.8) is 0 Å². The van der Waals surface area contributed by atoms with Crippen LogP contribution in [0.25, 0.3) is 11.0 Å². The molecule has 0 bridgehead atoms. The largest absolute Gasteiger partial charge is 0.325 e. The molecule has 4 heteroatoms. The predicted molar refractivity (Wildman–Crippen MR) is 92.1 cm³/mol. The predicted octanol–water partition coefficient (Wildman–Crippen LogP) is 3.16. The molecule has 1 unspecified atom stereocenters. The molecule has 0 saturated carbocycles. The number of hydrogen-bond donors (Lipinski definition) is 1. The standard InChI is InChI=1S/C18H28N4/c1-4-15(19)18-20-16-11-13(2)14(3)12-17(16)22(18)10-9-21-7-5-6-8-21/h11-12,15H,4-10,19H2,1-3H3. The van der Waals surface area contributed by atoms with Crippen molar-refractivity contribution in [2.75, 3.05) is 19.6 Å². The number of fused-ring (bicyclic) bond motifs is 1. The number of aromatic nitrogens is 2. The second-order valence-corrected chi connectivity index (χ2v) is 6.61. The van der Waals surface area contributed by atoms with Crippen LogP contribution in [0.5, 0.6) is 0 Å². The van der Waals surface area contributed by atoms with E-state index in [1.165, 1.54) is 42.6 Å². The minimum atomic E-state index is 0.0200. The van der Waals surface area contributed by atoms with Gasteiger partial charge in [0.15, 0.2) is 0 Å². The maximum Gasteiger partial charge on any atom is 0.126 e. The fraction of sp³-hybridized carbons (Fsp3) is 0.611. The summed E-state index contributed by atoms with van der Waals surface area (Å²) in [5, 5.41) is 0. The Labute approximate surface area is 133 Å². The van der Waals surface area contributed by atoms with Crippen LogP contribution in [-0.4, -0.2) is 34.1 Å². The van der Waals surface area contributed by atoms with Gasteiger partial charge in [-0.1, -0.05) is 6.92 Å². The molecule has 1 atom stereocenters. The van der Waals surface area contributed by atoms with Crippen molar-refractivity contribution in [3.05, 3.63) is 29.1 Å². The first-order valence-electron chi connectivity index (χ1n) is 8.55. The number of nitrogens with zero attached hydrogens (tertiary/aromatic N) is 3. The van der Waals surface area contributed by atoms with Crippen molar-refractivity contribution in [1.82, 2.24) is 14.5 Å². The highest BCUT2D eigenvalue weighted by Crippen LogP contribution is 2.24. The van der Waals surface area contributed by atoms with Crippen LogP contribution >= 0.6 is 0 Å². The average Bonchev–Trinajstić information content (AvgIpc) is 3.13. The Bertz CT molecular complexity index is 653. The lowest BCUT2D eigenvalue weighted by Gasteiger charge is -2.18. The molecule has 1 aromatic carbocycles. The molecule has 0 amide bonds. The Morgan fingerprint density at radius 3 is 2.50 bits per heavy atom. The van der Waals surface area contributed by atoms with E-state index in [0.717, 1.165) is 30.9 Å². The highest BCUT2D eigenvalue weighted by atomic mass is 15.2. The SMILES string of the molecule is CCC(N)c1nc2cc(C)c(C)cc2n1CCN1CCCC1. The number of benzene rings is 1. The molecule has 1 fully saturated rings. The highest BCUT2D eigenvalue weighted by molar-refractivity contribution is 5.78. The molecule has 120 valence electrons. The van der Waals surface area contributed by atoms with Crippen molar-refractivity contribution in [2.45, 2.75) is 52.6 Å². The maximum absolute atomic E-state index is 6.32. The smallest absolute Gasteiger partial charge is 0.126 e. The number of imidazole rings is 1. The molecule has 0 radical (unpaired) electrons. The zero-order valence-corrected chi connectivity index (χ0v) is 14.1. The normalized spacial score (nSPS) is 17.5. The first-order chi connectivity index (χ1) is 10.6. The summed E-state index contributed by atoms with van der Waals surface area (Å²) in [5.74, 6) is 1.04. The van der Waals surface area contributed by atoms with E-state index in [0.29, 0.717) is 0 Å². The van der Waals surface area contributed by atoms with Crippen molar-refractivity contribution in [2.24, 2.45) is 5.73 Å². The molecule has 2 heterocycles. The molecular formula is C18H28N4. The van der Waals surface area contributed by atoms with E-state index in [1.807, 2.05) is 0 Å². The minimum absolute atomic E-state index is 0.0200. The van der Waals surface area contributed by atoms with Gasteiger partial charge >= 0.3 is 0 Å². The van der Waals surface area contributed by atoms with Gasteiger partial charge in [0, 0.05) is 13.1 Å². The van der Waals surface area contributed by atoms with E-state index in [2.05, 4.69) is 42.4 Å². The van der Waals surface area contributed by atoms with Gasteiger partial charge in [-0.15, -0.1) is 0 Å². The van der Waals surface area contributed by atoms with Gasteiger partial charge in [0.05, 0.1) is 17.1 Å². The zero-order chi connectivity index (χ0) is 15.7. The van der Waals surface area contributed by atoms with Crippen molar-refractivity contribution < 1.29 is 0 Å². The van der Waals surface area contributed by atoms with Crippen LogP contribution in [-0.2, 0) is 6.54 Å². The summed E-state index contributed by atoms with van der Waals surface area (Å²) in [7, 11) is 0. The summed E-state index contributed by atoms with van der Waals surface area (Å²) in [5.41, 5.74) is 11.3. The van der Waals surface area contributed by atoms with Gasteiger partial charge in [0.25, 0.3) is 0 Å². The number of hydrogen-bond acceptors (Lipinski definition) is 3. The second kappa shape index (κ2) is 6.39. The summed E-state index contributed by atoms with van der Waals surface area (Å²) in [6, 6.07) is 4.49. The Morgan fingerprint density at radius 1 is 1.14 bits per heavy atom. The Hall–Kier alpha value is -1.39. The van der Waals surface area contributed by atoms with E-state index in [4.69, 9.17) is 10.7 Å². The van der Waals surface area contributed by atoms with Crippen LogP contribution in [0.3, 0.4) is 0 Å². The molecule has 2 N–H and O–H groups in total. The quantitative estimate of drug-likeness (QED) is 0.922. The van der Waals surface area contributed by atoms with Crippen molar-refractivity contribution in [1.29, 1.82) is 0 Å². The molecule has 0 aliphatic carbocycles. The van der Waals surface area contributed by atoms with Crippen LogP contribution < -0.4 is 5.73 Å². The number of aryl methyl sites for hydroxylation is 2. The third kappa shape index (κ3) is 2.90. The molecular weight excluding hydrogens is 272 g/mol. The van der Waals surface area contributed by atoms with Gasteiger partial charge < -0.3 is 15.2 Å². The van der Waals surface area contributed by atoms with Gasteiger partial charge in [0.2, 0.25) is 0 Å². The third-order valence-electron chi connectivity index (χ3n) is 5.00. The van der Waals surface area contributed by atoms with E-state index in [-0.39, 0.29) is 6.04 Å². The van der Waals surface area contributed by atoms with Crippen LogP contribution in [0.4, 0.5) is 0 Å². The molecule has 0 spiro atoms. The molecule has 4 nitrogen and oxygen atoms in total. The topological polar surface area (TPSA) is 47.1 Å². The molecule has 2 aromatic rings. The summed E-state index contributed by atoms with van der Waals surface area (Å²) >= 11 is 0. The minimum Gasteiger partial charge on any atom is -0.325 e. The lowest BCUT2D eigenvalue weighted by Crippen LogP contribution is -2.26. The van der Waals surface area contributed by atoms with Gasteiger partial charge in [-0.05, 0) is 69.5 Å². The third-order valence-corrected chi connectivity index (χ3v) is 5.00. The van der Waals surface area contributed by atoms with Crippen molar-refractivity contribution >= 4 is 11.0 Å². The molecule has 1 aromatic heterocycles. The molecule has 1 saturated heterocycles. The summed E-state index contributed by atoms with van der Waals surface area (Å²) in [6.45, 7) is 11.0. The first-order valence-corrected chi connectivity index (χ1v) is 8.55. The average molecular weight is 300 g/mol. The van der Waals surface area contributed by atoms with Crippen LogP contribution in [0.2, 0.25) is 0 Å². The van der Waals surface area contributed by atoms with Gasteiger partial charge in [0.1, 0.15) is 5.82 Å². The Kier molecular flexibility index (Phi) is 4.50. The maximum atomic E-state index is 6.32. The first kappa shape index (κ1) is 15.5. The van der Waals surface area contributed by atoms with E-state index >= 15 is 0 Å². The highest BCUT2D eigenvalue weighted by Gasteiger charge is 2.18. The van der Waals surface area contributed by atoms with E-state index in [1.54, 1.807) is 0 Å². The van der Waals surface area contributed by atoms with Crippen LogP contribution in [0, 0.1) is 13.8 Å². The zero-order valence-electron chi connectivity index (χ0n) is 14.1. The Morgan fingerprint density at radius 2 is 1.82 bits per heavy atom. The number of nitrogens with two attached hydrogens (primary N) is 1. The number of likely N-dealkylation sites (tertiary alicyclic amines) is 1. The summed E-state index contributed by atoms with van der Waals surface area (Å²) in [6.07, 6.45) is 3.60. The monoisotopic (exact) mass is 300 g/mol. The number of rotatable bonds is 5. The van der Waals surface area contributed by atoms with Crippen LogP contribution in [0.1, 0.15) is 49.2 Å². The molecule has 3 rings (SSSR count). The summed E-state index contributed by atoms with van der Waals surface area (Å²) in [4.78, 5) is 7.40. The van der Waals surface area contributed by atoms with Crippen molar-refractivity contribution in [3.8, 4) is 0 Å². The fourth-order valence-corrected chi connectivity index (χ4v) is 3.35. The van der Waals surface area contributed by atoms with Crippen LogP contribution in [0.15, 0.2) is 12.1 Å². The van der Waals surface area contributed by atoms with E-state index in [9.17, 15) is 0 Å². The lowest BCUT2D eigenvalue weighted by molar-refractivity contribution is 0.321. The molecule has 22 heavy (non-hydrogen) atoms. The summed E-state index contributed by atoms with van der Waals surface area (Å²) < 4.78 is 2.36. The Balaban J connectivity index is 1.97. The van der Waals surface area contributed by atoms with E-state index < -0.39 is 0 Å². The van der Waals surface area contributed by atoms with Gasteiger partial charge in [-0.3, -0.25) is 0 Å². The second-order valence-electron chi connectivity index (χ2n) is 6.61. The molecule has 1 aliphatic rings. The fourth-order valence-electron chi connectivity index (χ4n) is 3.35.